The average molecular weight is 275 g/mol. The molecule has 1 aromatic carbocycles. The minimum atomic E-state index is 0.984. The molecule has 12 heavy (non-hydrogen) atoms. The Labute approximate surface area is 85.4 Å². The number of hydrogen-bond donors (Lipinski definition) is 1. The van der Waals surface area contributed by atoms with E-state index in [-0.39, 0.29) is 0 Å². The molecule has 0 atom stereocenters. The van der Waals surface area contributed by atoms with E-state index < -0.39 is 0 Å². The van der Waals surface area contributed by atoms with Crippen molar-refractivity contribution in [2.45, 2.75) is 6.42 Å². The summed E-state index contributed by atoms with van der Waals surface area (Å²) in [5.41, 5.74) is 2.63. The van der Waals surface area contributed by atoms with Crippen molar-refractivity contribution in [1.82, 2.24) is 0 Å². The second-order valence-electron chi connectivity index (χ2n) is 2.82. The smallest absolute Gasteiger partial charge is 0.132 e. The monoisotopic (exact) mass is 275 g/mol. The SMILES string of the molecule is COc1cc2c(cc1I)NCC2. The number of nitrogens with one attached hydrogen (secondary N) is 1. The fourth-order valence-electron chi connectivity index (χ4n) is 1.46. The maximum Gasteiger partial charge on any atom is 0.132 e. The molecule has 2 rings (SSSR count). The first-order valence-corrected chi connectivity index (χ1v) is 4.99. The van der Waals surface area contributed by atoms with Gasteiger partial charge in [0.15, 0.2) is 0 Å². The Morgan fingerprint density at radius 1 is 1.50 bits per heavy atom. The molecule has 0 unspecified atom stereocenters. The van der Waals surface area contributed by atoms with Crippen LogP contribution in [-0.2, 0) is 6.42 Å². The zero-order chi connectivity index (χ0) is 8.55. The second kappa shape index (κ2) is 3.12. The van der Waals surface area contributed by atoms with E-state index in [2.05, 4.69) is 40.0 Å². The minimum absolute atomic E-state index is 0.984. The lowest BCUT2D eigenvalue weighted by Gasteiger charge is -2.06. The summed E-state index contributed by atoms with van der Waals surface area (Å²) in [7, 11) is 1.71. The largest absolute Gasteiger partial charge is 0.496 e. The number of methoxy groups -OCH3 is 1. The Balaban J connectivity index is 2.49. The molecule has 0 saturated heterocycles. The maximum absolute atomic E-state index is 5.23. The first-order valence-electron chi connectivity index (χ1n) is 3.91. The van der Waals surface area contributed by atoms with Crippen LogP contribution >= 0.6 is 22.6 Å². The molecule has 1 aliphatic heterocycles. The number of anilines is 1. The van der Waals surface area contributed by atoms with E-state index in [0.717, 1.165) is 18.7 Å². The van der Waals surface area contributed by atoms with Gasteiger partial charge in [-0.15, -0.1) is 0 Å². The number of benzene rings is 1. The van der Waals surface area contributed by atoms with Crippen LogP contribution in [0, 0.1) is 3.57 Å². The third-order valence-corrected chi connectivity index (χ3v) is 2.93. The van der Waals surface area contributed by atoms with Crippen LogP contribution in [0.4, 0.5) is 5.69 Å². The quantitative estimate of drug-likeness (QED) is 0.794. The summed E-state index contributed by atoms with van der Waals surface area (Å²) in [5, 5.41) is 3.33. The van der Waals surface area contributed by atoms with Crippen molar-refractivity contribution in [3.8, 4) is 5.75 Å². The van der Waals surface area contributed by atoms with Gasteiger partial charge in [0, 0.05) is 12.2 Å². The van der Waals surface area contributed by atoms with Crippen LogP contribution in [0.2, 0.25) is 0 Å². The third-order valence-electron chi connectivity index (χ3n) is 2.09. The summed E-state index contributed by atoms with van der Waals surface area (Å²) in [6, 6.07) is 4.26. The molecular formula is C9H10INO. The fraction of sp³-hybridized carbons (Fsp3) is 0.333. The normalized spacial score (nSPS) is 13.8. The molecule has 0 saturated carbocycles. The van der Waals surface area contributed by atoms with Crippen molar-refractivity contribution >= 4 is 28.3 Å². The van der Waals surface area contributed by atoms with Crippen molar-refractivity contribution < 1.29 is 4.74 Å². The van der Waals surface area contributed by atoms with E-state index in [4.69, 9.17) is 4.74 Å². The van der Waals surface area contributed by atoms with Crippen LogP contribution in [0.5, 0.6) is 5.75 Å². The molecule has 0 radical (unpaired) electrons. The highest BCUT2D eigenvalue weighted by Crippen LogP contribution is 2.31. The van der Waals surface area contributed by atoms with Gasteiger partial charge in [0.25, 0.3) is 0 Å². The highest BCUT2D eigenvalue weighted by molar-refractivity contribution is 14.1. The summed E-state index contributed by atoms with van der Waals surface area (Å²) < 4.78 is 6.40. The molecule has 0 amide bonds. The van der Waals surface area contributed by atoms with Crippen LogP contribution < -0.4 is 10.1 Å². The first kappa shape index (κ1) is 8.16. The van der Waals surface area contributed by atoms with Crippen LogP contribution in [-0.4, -0.2) is 13.7 Å². The summed E-state index contributed by atoms with van der Waals surface area (Å²) in [5.74, 6) is 0.984. The molecule has 64 valence electrons. The van der Waals surface area contributed by atoms with Gasteiger partial charge < -0.3 is 10.1 Å². The van der Waals surface area contributed by atoms with E-state index in [1.54, 1.807) is 7.11 Å². The molecule has 1 N–H and O–H groups in total. The lowest BCUT2D eigenvalue weighted by atomic mass is 10.1. The zero-order valence-electron chi connectivity index (χ0n) is 6.86. The predicted octanol–water partition coefficient (Wildman–Crippen LogP) is 2.27. The van der Waals surface area contributed by atoms with Crippen molar-refractivity contribution in [3.05, 3.63) is 21.3 Å². The Hall–Kier alpha value is -0.450. The molecule has 3 heteroatoms. The van der Waals surface area contributed by atoms with Gasteiger partial charge in [-0.05, 0) is 46.7 Å². The van der Waals surface area contributed by atoms with Crippen LogP contribution in [0.3, 0.4) is 0 Å². The Kier molecular flexibility index (Phi) is 2.12. The van der Waals surface area contributed by atoms with Crippen LogP contribution in [0.25, 0.3) is 0 Å². The van der Waals surface area contributed by atoms with Gasteiger partial charge in [0.2, 0.25) is 0 Å². The number of ether oxygens (including phenoxy) is 1. The topological polar surface area (TPSA) is 21.3 Å². The lowest BCUT2D eigenvalue weighted by molar-refractivity contribution is 0.411. The number of rotatable bonds is 1. The highest BCUT2D eigenvalue weighted by Gasteiger charge is 2.12. The van der Waals surface area contributed by atoms with Gasteiger partial charge in [-0.1, -0.05) is 0 Å². The lowest BCUT2D eigenvalue weighted by Crippen LogP contribution is -1.91. The number of fused-ring (bicyclic) bond motifs is 1. The standard InChI is InChI=1S/C9H10INO/c1-12-9-4-6-2-3-11-8(6)5-7(9)10/h4-5,11H,2-3H2,1H3. The Morgan fingerprint density at radius 3 is 3.08 bits per heavy atom. The zero-order valence-corrected chi connectivity index (χ0v) is 9.01. The van der Waals surface area contributed by atoms with Gasteiger partial charge in [-0.2, -0.15) is 0 Å². The predicted molar refractivity (Wildman–Crippen MR) is 57.9 cm³/mol. The highest BCUT2D eigenvalue weighted by atomic mass is 127. The molecule has 0 fully saturated rings. The molecule has 1 aromatic rings. The summed E-state index contributed by atoms with van der Waals surface area (Å²) in [6.45, 7) is 1.05. The minimum Gasteiger partial charge on any atom is -0.496 e. The van der Waals surface area contributed by atoms with Gasteiger partial charge in [-0.25, -0.2) is 0 Å². The fourth-order valence-corrected chi connectivity index (χ4v) is 2.14. The molecular weight excluding hydrogens is 265 g/mol. The van der Waals surface area contributed by atoms with E-state index >= 15 is 0 Å². The molecule has 1 heterocycles. The Bertz CT molecular complexity index is 311. The van der Waals surface area contributed by atoms with Crippen LogP contribution in [0.15, 0.2) is 12.1 Å². The second-order valence-corrected chi connectivity index (χ2v) is 3.98. The number of hydrogen-bond acceptors (Lipinski definition) is 2. The van der Waals surface area contributed by atoms with Crippen molar-refractivity contribution in [2.75, 3.05) is 19.0 Å². The van der Waals surface area contributed by atoms with Gasteiger partial charge in [-0.3, -0.25) is 0 Å². The van der Waals surface area contributed by atoms with Crippen molar-refractivity contribution in [1.29, 1.82) is 0 Å². The van der Waals surface area contributed by atoms with Gasteiger partial charge >= 0.3 is 0 Å². The summed E-state index contributed by atoms with van der Waals surface area (Å²) in [4.78, 5) is 0. The third kappa shape index (κ3) is 1.26. The van der Waals surface area contributed by atoms with E-state index in [1.807, 2.05) is 0 Å². The molecule has 0 bridgehead atoms. The summed E-state index contributed by atoms with van der Waals surface area (Å²) >= 11 is 2.29. The van der Waals surface area contributed by atoms with Crippen LogP contribution in [0.1, 0.15) is 5.56 Å². The van der Waals surface area contributed by atoms with E-state index in [1.165, 1.54) is 14.8 Å². The molecule has 1 aliphatic rings. The van der Waals surface area contributed by atoms with E-state index in [0.29, 0.717) is 0 Å². The Morgan fingerprint density at radius 2 is 2.33 bits per heavy atom. The van der Waals surface area contributed by atoms with Crippen molar-refractivity contribution in [3.63, 3.8) is 0 Å². The van der Waals surface area contributed by atoms with Crippen molar-refractivity contribution in [2.24, 2.45) is 0 Å². The summed E-state index contributed by atoms with van der Waals surface area (Å²) in [6.07, 6.45) is 1.11. The molecule has 2 nitrogen and oxygen atoms in total. The number of halogens is 1. The first-order chi connectivity index (χ1) is 5.81. The average Bonchev–Trinajstić information content (AvgIpc) is 2.49. The van der Waals surface area contributed by atoms with E-state index in [9.17, 15) is 0 Å². The molecule has 0 spiro atoms. The van der Waals surface area contributed by atoms with Gasteiger partial charge in [0.1, 0.15) is 5.75 Å². The van der Waals surface area contributed by atoms with Gasteiger partial charge in [0.05, 0.1) is 10.7 Å². The maximum atomic E-state index is 5.23. The molecule has 0 aliphatic carbocycles. The molecule has 0 aromatic heterocycles.